The maximum Gasteiger partial charge on any atom is 0.261 e. The molecular weight excluding hydrogens is 326 g/mol. The van der Waals surface area contributed by atoms with E-state index in [1.807, 2.05) is 26.0 Å². The van der Waals surface area contributed by atoms with Crippen molar-refractivity contribution >= 4 is 17.6 Å². The van der Waals surface area contributed by atoms with Crippen molar-refractivity contribution < 1.29 is 14.4 Å². The monoisotopic (exact) mass is 349 g/mol. The van der Waals surface area contributed by atoms with Crippen molar-refractivity contribution in [3.63, 3.8) is 0 Å². The number of rotatable bonds is 3. The van der Waals surface area contributed by atoms with Gasteiger partial charge in [-0.05, 0) is 48.1 Å². The first kappa shape index (κ1) is 18.1. The lowest BCUT2D eigenvalue weighted by Gasteiger charge is -2.22. The first-order chi connectivity index (χ1) is 12.1. The topological polar surface area (TPSA) is 54.5 Å². The summed E-state index contributed by atoms with van der Waals surface area (Å²) in [6, 6.07) is 10.7. The molecule has 1 aliphatic rings. The molecule has 1 aliphatic heterocycles. The average molecular weight is 349 g/mol. The second-order valence-electron chi connectivity index (χ2n) is 7.90. The summed E-state index contributed by atoms with van der Waals surface area (Å²) < 4.78 is 0. The van der Waals surface area contributed by atoms with Crippen LogP contribution >= 0.6 is 0 Å². The van der Waals surface area contributed by atoms with Crippen LogP contribution in [0.3, 0.4) is 0 Å². The number of carbonyl (C=O) groups is 3. The van der Waals surface area contributed by atoms with E-state index in [-0.39, 0.29) is 17.7 Å². The molecule has 0 N–H and O–H groups in total. The van der Waals surface area contributed by atoms with Crippen LogP contribution in [0.1, 0.15) is 68.5 Å². The van der Waals surface area contributed by atoms with Crippen molar-refractivity contribution in [1.29, 1.82) is 0 Å². The molecule has 1 heterocycles. The Labute approximate surface area is 153 Å². The SMILES string of the molecule is Cc1cc(C(C)(C)C)cc(C)c1C(=O)CN1C(=O)c2ccccc2C1=O. The molecule has 0 unspecified atom stereocenters. The van der Waals surface area contributed by atoms with Crippen LogP contribution in [0.5, 0.6) is 0 Å². The molecule has 0 bridgehead atoms. The summed E-state index contributed by atoms with van der Waals surface area (Å²) in [5.41, 5.74) is 4.20. The van der Waals surface area contributed by atoms with Crippen LogP contribution < -0.4 is 0 Å². The minimum Gasteiger partial charge on any atom is -0.292 e. The number of fused-ring (bicyclic) bond motifs is 1. The smallest absolute Gasteiger partial charge is 0.261 e. The number of benzene rings is 2. The molecule has 0 fully saturated rings. The van der Waals surface area contributed by atoms with Gasteiger partial charge in [0.2, 0.25) is 0 Å². The number of imide groups is 1. The van der Waals surface area contributed by atoms with E-state index in [2.05, 4.69) is 20.8 Å². The number of amides is 2. The molecule has 2 aromatic rings. The first-order valence-electron chi connectivity index (χ1n) is 8.71. The lowest BCUT2D eigenvalue weighted by molar-refractivity contribution is 0.0624. The maximum absolute atomic E-state index is 12.9. The molecule has 0 aromatic heterocycles. The summed E-state index contributed by atoms with van der Waals surface area (Å²) in [4.78, 5) is 38.9. The predicted molar refractivity (Wildman–Crippen MR) is 101 cm³/mol. The molecule has 3 rings (SSSR count). The summed E-state index contributed by atoms with van der Waals surface area (Å²) in [6.45, 7) is 9.95. The molecule has 26 heavy (non-hydrogen) atoms. The second-order valence-corrected chi connectivity index (χ2v) is 7.90. The van der Waals surface area contributed by atoms with Crippen molar-refractivity contribution in [3.8, 4) is 0 Å². The number of ketones is 1. The molecule has 0 aliphatic carbocycles. The van der Waals surface area contributed by atoms with E-state index in [4.69, 9.17) is 0 Å². The van der Waals surface area contributed by atoms with Gasteiger partial charge in [-0.2, -0.15) is 0 Å². The summed E-state index contributed by atoms with van der Waals surface area (Å²) >= 11 is 0. The molecule has 0 radical (unpaired) electrons. The quantitative estimate of drug-likeness (QED) is 0.620. The minimum absolute atomic E-state index is 0.0143. The zero-order chi connectivity index (χ0) is 19.2. The van der Waals surface area contributed by atoms with Crippen LogP contribution in [-0.2, 0) is 5.41 Å². The van der Waals surface area contributed by atoms with Gasteiger partial charge in [-0.3, -0.25) is 19.3 Å². The number of nitrogens with zero attached hydrogens (tertiary/aromatic N) is 1. The highest BCUT2D eigenvalue weighted by Crippen LogP contribution is 2.28. The number of aryl methyl sites for hydroxylation is 2. The Bertz CT molecular complexity index is 877. The number of hydrogen-bond acceptors (Lipinski definition) is 3. The zero-order valence-corrected chi connectivity index (χ0v) is 15.8. The van der Waals surface area contributed by atoms with Crippen LogP contribution in [0.15, 0.2) is 36.4 Å². The molecular formula is C22H23NO3. The van der Waals surface area contributed by atoms with Gasteiger partial charge in [-0.1, -0.05) is 45.0 Å². The van der Waals surface area contributed by atoms with Gasteiger partial charge in [0.1, 0.15) is 0 Å². The molecule has 134 valence electrons. The lowest BCUT2D eigenvalue weighted by Crippen LogP contribution is -2.35. The fourth-order valence-electron chi connectivity index (χ4n) is 3.44. The number of Topliss-reactive ketones (excluding diaryl/α,β-unsaturated/α-hetero) is 1. The lowest BCUT2D eigenvalue weighted by atomic mass is 9.83. The van der Waals surface area contributed by atoms with Gasteiger partial charge in [0.05, 0.1) is 17.7 Å². The third-order valence-corrected chi connectivity index (χ3v) is 4.86. The van der Waals surface area contributed by atoms with E-state index < -0.39 is 11.8 Å². The average Bonchev–Trinajstić information content (AvgIpc) is 2.79. The fraction of sp³-hybridized carbons (Fsp3) is 0.318. The molecule has 0 saturated carbocycles. The van der Waals surface area contributed by atoms with Crippen molar-refractivity contribution in [2.75, 3.05) is 6.54 Å². The highest BCUT2D eigenvalue weighted by Gasteiger charge is 2.36. The molecule has 0 atom stereocenters. The third-order valence-electron chi connectivity index (χ3n) is 4.86. The number of hydrogen-bond donors (Lipinski definition) is 0. The van der Waals surface area contributed by atoms with Crippen molar-refractivity contribution in [1.82, 2.24) is 4.90 Å². The van der Waals surface area contributed by atoms with Crippen molar-refractivity contribution in [2.24, 2.45) is 0 Å². The van der Waals surface area contributed by atoms with Gasteiger partial charge >= 0.3 is 0 Å². The standard InChI is InChI=1S/C22H23NO3/c1-13-10-15(22(3,4)5)11-14(2)19(13)18(24)12-23-20(25)16-8-6-7-9-17(16)21(23)26/h6-11H,12H2,1-5H3. The first-order valence-corrected chi connectivity index (χ1v) is 8.71. The van der Waals surface area contributed by atoms with E-state index in [1.165, 1.54) is 0 Å². The summed E-state index contributed by atoms with van der Waals surface area (Å²) in [5.74, 6) is -1.02. The Kier molecular flexibility index (Phi) is 4.31. The van der Waals surface area contributed by atoms with Gasteiger partial charge < -0.3 is 0 Å². The van der Waals surface area contributed by atoms with Gasteiger partial charge in [0.25, 0.3) is 11.8 Å². The molecule has 2 aromatic carbocycles. The van der Waals surface area contributed by atoms with E-state index in [1.54, 1.807) is 24.3 Å². The van der Waals surface area contributed by atoms with Gasteiger partial charge in [-0.15, -0.1) is 0 Å². The molecule has 2 amide bonds. The minimum atomic E-state index is -0.402. The van der Waals surface area contributed by atoms with Crippen LogP contribution in [0, 0.1) is 13.8 Å². The Morgan fingerprint density at radius 2 is 1.38 bits per heavy atom. The van der Waals surface area contributed by atoms with Crippen molar-refractivity contribution in [2.45, 2.75) is 40.0 Å². The van der Waals surface area contributed by atoms with Gasteiger partial charge in [0.15, 0.2) is 5.78 Å². The Morgan fingerprint density at radius 1 is 0.923 bits per heavy atom. The Balaban J connectivity index is 1.91. The number of carbonyl (C=O) groups excluding carboxylic acids is 3. The third kappa shape index (κ3) is 2.96. The Morgan fingerprint density at radius 3 is 1.81 bits per heavy atom. The van der Waals surface area contributed by atoms with E-state index in [0.717, 1.165) is 21.6 Å². The molecule has 0 spiro atoms. The van der Waals surface area contributed by atoms with Crippen molar-refractivity contribution in [3.05, 3.63) is 69.8 Å². The van der Waals surface area contributed by atoms with E-state index in [0.29, 0.717) is 16.7 Å². The van der Waals surface area contributed by atoms with Crippen LogP contribution in [0.2, 0.25) is 0 Å². The fourth-order valence-corrected chi connectivity index (χ4v) is 3.44. The van der Waals surface area contributed by atoms with E-state index in [9.17, 15) is 14.4 Å². The highest BCUT2D eigenvalue weighted by atomic mass is 16.2. The van der Waals surface area contributed by atoms with Crippen LogP contribution in [0.4, 0.5) is 0 Å². The Hall–Kier alpha value is -2.75. The van der Waals surface area contributed by atoms with Gasteiger partial charge in [-0.25, -0.2) is 0 Å². The second kappa shape index (κ2) is 6.20. The van der Waals surface area contributed by atoms with E-state index >= 15 is 0 Å². The van der Waals surface area contributed by atoms with Crippen LogP contribution in [0.25, 0.3) is 0 Å². The summed E-state index contributed by atoms with van der Waals surface area (Å²) in [7, 11) is 0. The molecule has 0 saturated heterocycles. The highest BCUT2D eigenvalue weighted by molar-refractivity contribution is 6.23. The normalized spacial score (nSPS) is 14.0. The largest absolute Gasteiger partial charge is 0.292 e. The predicted octanol–water partition coefficient (Wildman–Crippen LogP) is 4.08. The zero-order valence-electron chi connectivity index (χ0n) is 15.8. The molecule has 4 heteroatoms. The van der Waals surface area contributed by atoms with Crippen LogP contribution in [-0.4, -0.2) is 29.0 Å². The summed E-state index contributed by atoms with van der Waals surface area (Å²) in [5, 5.41) is 0. The molecule has 4 nitrogen and oxygen atoms in total. The van der Waals surface area contributed by atoms with Gasteiger partial charge in [0, 0.05) is 5.56 Å². The maximum atomic E-state index is 12.9. The summed E-state index contributed by atoms with van der Waals surface area (Å²) in [6.07, 6.45) is 0.